The molecule has 0 aliphatic carbocycles. The van der Waals surface area contributed by atoms with Crippen LogP contribution in [0.2, 0.25) is 0 Å². The third-order valence-electron chi connectivity index (χ3n) is 2.05. The van der Waals surface area contributed by atoms with Gasteiger partial charge in [0.15, 0.2) is 0 Å². The lowest BCUT2D eigenvalue weighted by molar-refractivity contribution is -0.0554. The van der Waals surface area contributed by atoms with Gasteiger partial charge in [-0.25, -0.2) is 0 Å². The van der Waals surface area contributed by atoms with Crippen molar-refractivity contribution in [3.05, 3.63) is 0 Å². The van der Waals surface area contributed by atoms with Gasteiger partial charge in [0.05, 0.1) is 24.4 Å². The summed E-state index contributed by atoms with van der Waals surface area (Å²) in [6.45, 7) is 7.04. The number of hydrogen-bond donors (Lipinski definition) is 2. The Kier molecular flexibility index (Phi) is 2.52. The van der Waals surface area contributed by atoms with Crippen LogP contribution in [0.3, 0.4) is 0 Å². The van der Waals surface area contributed by atoms with Crippen molar-refractivity contribution in [1.82, 2.24) is 5.32 Å². The first-order chi connectivity index (χ1) is 5.00. The Morgan fingerprint density at radius 3 is 2.55 bits per heavy atom. The van der Waals surface area contributed by atoms with E-state index in [4.69, 9.17) is 4.74 Å². The summed E-state index contributed by atoms with van der Waals surface area (Å²) in [7, 11) is 0. The fourth-order valence-electron chi connectivity index (χ4n) is 1.14. The van der Waals surface area contributed by atoms with Crippen molar-refractivity contribution in [2.45, 2.75) is 38.5 Å². The van der Waals surface area contributed by atoms with E-state index in [0.29, 0.717) is 6.61 Å². The van der Waals surface area contributed by atoms with Crippen LogP contribution < -0.4 is 5.32 Å². The molecular formula is C8H17NO2. The van der Waals surface area contributed by atoms with Crippen LogP contribution in [0.15, 0.2) is 0 Å². The summed E-state index contributed by atoms with van der Waals surface area (Å²) in [6, 6.07) is 0.0682. The fourth-order valence-corrected chi connectivity index (χ4v) is 1.14. The zero-order chi connectivity index (χ0) is 8.48. The molecular weight excluding hydrogens is 142 g/mol. The molecule has 0 aromatic rings. The number of aliphatic hydroxyl groups is 1. The maximum Gasteiger partial charge on any atom is 0.0766 e. The summed E-state index contributed by atoms with van der Waals surface area (Å²) in [5.74, 6) is 0. The Bertz CT molecular complexity index is 123. The highest BCUT2D eigenvalue weighted by Gasteiger charge is 2.30. The molecule has 0 aromatic carbocycles. The second kappa shape index (κ2) is 3.09. The maximum absolute atomic E-state index is 9.59. The van der Waals surface area contributed by atoms with Gasteiger partial charge in [0.2, 0.25) is 0 Å². The van der Waals surface area contributed by atoms with E-state index >= 15 is 0 Å². The van der Waals surface area contributed by atoms with Crippen LogP contribution in [0, 0.1) is 0 Å². The molecule has 1 heterocycles. The Labute approximate surface area is 67.7 Å². The van der Waals surface area contributed by atoms with Crippen molar-refractivity contribution in [1.29, 1.82) is 0 Å². The molecule has 1 fully saturated rings. The van der Waals surface area contributed by atoms with Crippen LogP contribution in [0.4, 0.5) is 0 Å². The predicted octanol–water partition coefficient (Wildman–Crippen LogP) is 0.134. The normalized spacial score (nSPS) is 33.8. The van der Waals surface area contributed by atoms with Crippen molar-refractivity contribution < 1.29 is 9.84 Å². The van der Waals surface area contributed by atoms with Crippen molar-refractivity contribution in [3.63, 3.8) is 0 Å². The molecule has 0 radical (unpaired) electrons. The van der Waals surface area contributed by atoms with Crippen LogP contribution >= 0.6 is 0 Å². The second-order valence-corrected chi connectivity index (χ2v) is 3.76. The molecule has 2 unspecified atom stereocenters. The van der Waals surface area contributed by atoms with E-state index in [-0.39, 0.29) is 12.1 Å². The molecule has 0 spiro atoms. The van der Waals surface area contributed by atoms with Crippen LogP contribution in [0.1, 0.15) is 20.8 Å². The van der Waals surface area contributed by atoms with Gasteiger partial charge in [0.1, 0.15) is 0 Å². The SMILES string of the molecule is CC1CNC(C(C)(C)O)CO1. The quantitative estimate of drug-likeness (QED) is 0.571. The lowest BCUT2D eigenvalue weighted by Gasteiger charge is -2.35. The van der Waals surface area contributed by atoms with Crippen molar-refractivity contribution in [3.8, 4) is 0 Å². The van der Waals surface area contributed by atoms with Gasteiger partial charge in [-0.05, 0) is 20.8 Å². The monoisotopic (exact) mass is 159 g/mol. The van der Waals surface area contributed by atoms with E-state index < -0.39 is 5.60 Å². The summed E-state index contributed by atoms with van der Waals surface area (Å²) in [4.78, 5) is 0. The minimum absolute atomic E-state index is 0.0682. The molecule has 1 aliphatic heterocycles. The number of rotatable bonds is 1. The molecule has 66 valence electrons. The summed E-state index contributed by atoms with van der Waals surface area (Å²) >= 11 is 0. The Balaban J connectivity index is 2.39. The molecule has 0 aromatic heterocycles. The first kappa shape index (κ1) is 8.97. The summed E-state index contributed by atoms with van der Waals surface area (Å²) in [5.41, 5.74) is -0.680. The minimum Gasteiger partial charge on any atom is -0.389 e. The van der Waals surface area contributed by atoms with Crippen LogP contribution in [-0.2, 0) is 4.74 Å². The molecule has 1 aliphatic rings. The smallest absolute Gasteiger partial charge is 0.0766 e. The molecule has 3 nitrogen and oxygen atoms in total. The highest BCUT2D eigenvalue weighted by atomic mass is 16.5. The Hall–Kier alpha value is -0.120. The van der Waals surface area contributed by atoms with E-state index in [0.717, 1.165) is 6.54 Å². The molecule has 0 amide bonds. The first-order valence-corrected chi connectivity index (χ1v) is 4.07. The first-order valence-electron chi connectivity index (χ1n) is 4.07. The van der Waals surface area contributed by atoms with Crippen molar-refractivity contribution in [2.75, 3.05) is 13.2 Å². The third-order valence-corrected chi connectivity index (χ3v) is 2.05. The van der Waals surface area contributed by atoms with Gasteiger partial charge in [0.25, 0.3) is 0 Å². The number of morpholine rings is 1. The summed E-state index contributed by atoms with van der Waals surface area (Å²) < 4.78 is 5.39. The molecule has 3 heteroatoms. The minimum atomic E-state index is -0.680. The van der Waals surface area contributed by atoms with Gasteiger partial charge in [0, 0.05) is 6.54 Å². The number of nitrogens with one attached hydrogen (secondary N) is 1. The van der Waals surface area contributed by atoms with Crippen molar-refractivity contribution >= 4 is 0 Å². The van der Waals surface area contributed by atoms with E-state index in [2.05, 4.69) is 5.32 Å². The molecule has 2 N–H and O–H groups in total. The van der Waals surface area contributed by atoms with Gasteiger partial charge in [-0.3, -0.25) is 0 Å². The van der Waals surface area contributed by atoms with Gasteiger partial charge in [-0.2, -0.15) is 0 Å². The molecule has 1 rings (SSSR count). The fraction of sp³-hybridized carbons (Fsp3) is 1.00. The van der Waals surface area contributed by atoms with E-state index in [1.807, 2.05) is 6.92 Å². The van der Waals surface area contributed by atoms with E-state index in [1.165, 1.54) is 0 Å². The molecule has 2 atom stereocenters. The zero-order valence-electron chi connectivity index (χ0n) is 7.42. The van der Waals surface area contributed by atoms with Crippen LogP contribution in [0.5, 0.6) is 0 Å². The average Bonchev–Trinajstić information content (AvgIpc) is 1.86. The molecule has 0 saturated carbocycles. The molecule has 1 saturated heterocycles. The Morgan fingerprint density at radius 1 is 1.55 bits per heavy atom. The summed E-state index contributed by atoms with van der Waals surface area (Å²) in [5, 5.41) is 12.8. The number of ether oxygens (including phenoxy) is 1. The van der Waals surface area contributed by atoms with Gasteiger partial charge in [-0.15, -0.1) is 0 Å². The maximum atomic E-state index is 9.59. The largest absolute Gasteiger partial charge is 0.389 e. The lowest BCUT2D eigenvalue weighted by atomic mass is 9.98. The van der Waals surface area contributed by atoms with Gasteiger partial charge in [-0.1, -0.05) is 0 Å². The standard InChI is InChI=1S/C8H17NO2/c1-6-4-9-7(5-11-6)8(2,3)10/h6-7,9-10H,4-5H2,1-3H3. The summed E-state index contributed by atoms with van der Waals surface area (Å²) in [6.07, 6.45) is 0.272. The predicted molar refractivity (Wildman–Crippen MR) is 43.5 cm³/mol. The van der Waals surface area contributed by atoms with E-state index in [9.17, 15) is 5.11 Å². The molecule has 0 bridgehead atoms. The highest BCUT2D eigenvalue weighted by molar-refractivity contribution is 4.86. The van der Waals surface area contributed by atoms with Crippen LogP contribution in [0.25, 0.3) is 0 Å². The molecule has 11 heavy (non-hydrogen) atoms. The third kappa shape index (κ3) is 2.43. The number of hydrogen-bond acceptors (Lipinski definition) is 3. The van der Waals surface area contributed by atoms with Crippen LogP contribution in [-0.4, -0.2) is 36.0 Å². The second-order valence-electron chi connectivity index (χ2n) is 3.76. The topological polar surface area (TPSA) is 41.5 Å². The van der Waals surface area contributed by atoms with Gasteiger partial charge >= 0.3 is 0 Å². The zero-order valence-corrected chi connectivity index (χ0v) is 7.42. The average molecular weight is 159 g/mol. The van der Waals surface area contributed by atoms with E-state index in [1.54, 1.807) is 13.8 Å². The van der Waals surface area contributed by atoms with Gasteiger partial charge < -0.3 is 15.2 Å². The Morgan fingerprint density at radius 2 is 2.18 bits per heavy atom. The highest BCUT2D eigenvalue weighted by Crippen LogP contribution is 2.12. The van der Waals surface area contributed by atoms with Crippen molar-refractivity contribution in [2.24, 2.45) is 0 Å². The lowest BCUT2D eigenvalue weighted by Crippen LogP contribution is -2.55.